The molecule has 4 aromatic rings. The molecule has 9 rings (SSSR count). The van der Waals surface area contributed by atoms with Crippen LogP contribution in [-0.4, -0.2) is 102 Å². The number of nitrogens with one attached hydrogen (secondary N) is 2. The lowest BCUT2D eigenvalue weighted by Crippen LogP contribution is -2.67. The number of carbonyl (C=O) groups excluding carboxylic acids is 1. The number of aromatic nitrogens is 3. The molecule has 5 atom stereocenters. The fourth-order valence-corrected chi connectivity index (χ4v) is 9.62. The van der Waals surface area contributed by atoms with Gasteiger partial charge in [-0.1, -0.05) is 17.7 Å². The Kier molecular flexibility index (Phi) is 10.5. The minimum Gasteiger partial charge on any atom is -0.465 e. The largest absolute Gasteiger partial charge is 0.606 e. The summed E-state index contributed by atoms with van der Waals surface area (Å²) >= 11 is 6.91. The molecule has 5 aliphatic rings. The van der Waals surface area contributed by atoms with Crippen molar-refractivity contribution in [2.24, 2.45) is 0 Å². The van der Waals surface area contributed by atoms with Gasteiger partial charge in [0.1, 0.15) is 34.8 Å². The van der Waals surface area contributed by atoms with Gasteiger partial charge in [-0.25, -0.2) is 23.5 Å². The lowest BCUT2D eigenvalue weighted by molar-refractivity contribution is -0.145. The normalized spacial score (nSPS) is 21.7. The molecule has 5 fully saturated rings. The fraction of sp³-hybridized carbons (Fsp3) is 0.514. The number of nitrogens with zero attached hydrogens (tertiary/aromatic N) is 5. The quantitative estimate of drug-likeness (QED) is 0.0701. The third kappa shape index (κ3) is 7.06. The summed E-state index contributed by atoms with van der Waals surface area (Å²) in [6.45, 7) is 6.82. The molecule has 2 N–H and O–H groups in total. The summed E-state index contributed by atoms with van der Waals surface area (Å²) in [5.74, 6) is -5.02. The average molecular weight is 803 g/mol. The van der Waals surface area contributed by atoms with Gasteiger partial charge in [0.15, 0.2) is 23.2 Å². The summed E-state index contributed by atoms with van der Waals surface area (Å²) in [4.78, 5) is 30.4. The Bertz CT molecular complexity index is 2160. The highest BCUT2D eigenvalue weighted by atomic mass is 35.5. The first-order valence-corrected chi connectivity index (χ1v) is 20.1. The lowest BCUT2D eigenvalue weighted by Gasteiger charge is -2.48. The summed E-state index contributed by atoms with van der Waals surface area (Å²) < 4.78 is 83.6. The number of hydrogen-bond acceptors (Lipinski definition) is 13. The van der Waals surface area contributed by atoms with Crippen LogP contribution in [0.25, 0.3) is 32.9 Å². The van der Waals surface area contributed by atoms with E-state index < -0.39 is 49.2 Å². The van der Waals surface area contributed by atoms with Crippen LogP contribution in [0, 0.1) is 17.5 Å². The fourth-order valence-electron chi connectivity index (χ4n) is 8.44. The third-order valence-electron chi connectivity index (χ3n) is 11.1. The van der Waals surface area contributed by atoms with Crippen LogP contribution >= 0.6 is 19.6 Å². The van der Waals surface area contributed by atoms with Crippen molar-refractivity contribution < 1.29 is 41.3 Å². The van der Waals surface area contributed by atoms with Crippen LogP contribution in [0.15, 0.2) is 24.3 Å². The van der Waals surface area contributed by atoms with E-state index in [0.717, 1.165) is 51.3 Å². The highest BCUT2D eigenvalue weighted by Crippen LogP contribution is 2.44. The topological polar surface area (TPSA) is 140 Å². The standard InChI is InChI=1S/C37H41ClF3N7O6P/c1-4-52-34(49)19(2)42-36(51-3)55(50)54-23-13-20-7-8-25(39)28(40)26(20)24(15-23)30-29(41)31-27(32(38)44-30)33(47-16-21-14-22(17-47)43-21)46-35(45-31)53-18-37-9-5-11-48(37)12-6-10-37/h7-8,13,15,19,21-22,36,42-43H,4-6,9-12,14,16-18H2,1-3H3/q+1/t19-,21?,22?,36?/m0/s1. The van der Waals surface area contributed by atoms with Crippen LogP contribution in [0.3, 0.4) is 0 Å². The van der Waals surface area contributed by atoms with Crippen molar-refractivity contribution in [1.29, 1.82) is 0 Å². The number of halogens is 4. The van der Waals surface area contributed by atoms with Gasteiger partial charge in [0.05, 0.1) is 17.5 Å². The van der Waals surface area contributed by atoms with Gasteiger partial charge in [-0.15, -0.1) is 0 Å². The number of hydrogen-bond donors (Lipinski definition) is 2. The Morgan fingerprint density at radius 2 is 1.82 bits per heavy atom. The highest BCUT2D eigenvalue weighted by molar-refractivity contribution is 7.40. The molecule has 5 aliphatic heterocycles. The molecule has 2 bridgehead atoms. The molecule has 2 aromatic carbocycles. The minimum absolute atomic E-state index is 0.0266. The van der Waals surface area contributed by atoms with Crippen molar-refractivity contribution in [3.05, 3.63) is 46.9 Å². The molecule has 5 saturated heterocycles. The van der Waals surface area contributed by atoms with Crippen LogP contribution in [0.1, 0.15) is 46.0 Å². The molecule has 0 aliphatic carbocycles. The minimum atomic E-state index is -2.76. The predicted molar refractivity (Wildman–Crippen MR) is 199 cm³/mol. The van der Waals surface area contributed by atoms with Crippen LogP contribution in [0.4, 0.5) is 19.0 Å². The Morgan fingerprint density at radius 1 is 1.09 bits per heavy atom. The molecule has 55 heavy (non-hydrogen) atoms. The number of rotatable bonds is 13. The smallest absolute Gasteiger partial charge is 0.465 e. The molecule has 0 saturated carbocycles. The zero-order valence-corrected chi connectivity index (χ0v) is 32.2. The molecule has 13 nitrogen and oxygen atoms in total. The Labute approximate surface area is 321 Å². The SMILES string of the molecule is CCOC(=O)[C@H](C)NC(OC)[P+](=O)Oc1cc(-c2nc(Cl)c3c(N4CC5CC(C4)N5)nc(OCC45CCCN4CCC5)nc3c2F)c2c(F)c(F)ccc2c1. The number of pyridine rings is 1. The number of piperidine rings is 1. The van der Waals surface area contributed by atoms with E-state index in [0.29, 0.717) is 25.5 Å². The maximum absolute atomic E-state index is 17.2. The predicted octanol–water partition coefficient (Wildman–Crippen LogP) is 6.07. The van der Waals surface area contributed by atoms with E-state index in [1.165, 1.54) is 32.2 Å². The number of methoxy groups -OCH3 is 1. The number of piperazine rings is 1. The van der Waals surface area contributed by atoms with Crippen LogP contribution in [-0.2, 0) is 18.8 Å². The second-order valence-electron chi connectivity index (χ2n) is 14.6. The maximum Gasteiger partial charge on any atom is 0.606 e. The average Bonchev–Trinajstić information content (AvgIpc) is 3.76. The zero-order valence-electron chi connectivity index (χ0n) is 30.5. The van der Waals surface area contributed by atoms with Crippen molar-refractivity contribution >= 4 is 53.1 Å². The molecule has 18 heteroatoms. The van der Waals surface area contributed by atoms with E-state index >= 15 is 8.78 Å². The Balaban J connectivity index is 1.22. The number of benzene rings is 2. The van der Waals surface area contributed by atoms with E-state index in [1.807, 2.05) is 4.90 Å². The molecule has 4 unspecified atom stereocenters. The summed E-state index contributed by atoms with van der Waals surface area (Å²) in [5.41, 5.74) is -1.01. The van der Waals surface area contributed by atoms with Gasteiger partial charge in [-0.05, 0) is 87.2 Å². The summed E-state index contributed by atoms with van der Waals surface area (Å²) in [6.07, 6.45) is 5.10. The van der Waals surface area contributed by atoms with Gasteiger partial charge in [0, 0.05) is 43.2 Å². The van der Waals surface area contributed by atoms with Gasteiger partial charge < -0.3 is 24.4 Å². The maximum atomic E-state index is 17.2. The molecule has 7 heterocycles. The van der Waals surface area contributed by atoms with E-state index in [2.05, 4.69) is 25.5 Å². The van der Waals surface area contributed by atoms with Crippen molar-refractivity contribution in [1.82, 2.24) is 30.5 Å². The Morgan fingerprint density at radius 3 is 2.51 bits per heavy atom. The number of esters is 1. The van der Waals surface area contributed by atoms with Gasteiger partial charge >= 0.3 is 26.0 Å². The second-order valence-corrected chi connectivity index (χ2v) is 16.1. The highest BCUT2D eigenvalue weighted by Gasteiger charge is 2.45. The van der Waals surface area contributed by atoms with Gasteiger partial charge in [-0.2, -0.15) is 9.97 Å². The molecular formula is C37H41ClF3N7O6P+. The first kappa shape index (κ1) is 38.0. The van der Waals surface area contributed by atoms with Crippen molar-refractivity contribution in [2.75, 3.05) is 51.4 Å². The Hall–Kier alpha value is -3.92. The number of carbonyl (C=O) groups is 1. The number of anilines is 1. The van der Waals surface area contributed by atoms with Gasteiger partial charge in [0.2, 0.25) is 0 Å². The molecule has 0 amide bonds. The van der Waals surface area contributed by atoms with Crippen molar-refractivity contribution in [3.63, 3.8) is 0 Å². The first-order chi connectivity index (χ1) is 26.5. The van der Waals surface area contributed by atoms with Crippen LogP contribution in [0.5, 0.6) is 11.8 Å². The molecule has 0 spiro atoms. The van der Waals surface area contributed by atoms with Crippen LogP contribution < -0.4 is 24.8 Å². The molecular weight excluding hydrogens is 762 g/mol. The van der Waals surface area contributed by atoms with Crippen molar-refractivity contribution in [3.8, 4) is 23.0 Å². The zero-order chi connectivity index (χ0) is 38.6. The van der Waals surface area contributed by atoms with Crippen molar-refractivity contribution in [2.45, 2.75) is 75.6 Å². The molecule has 2 aromatic heterocycles. The van der Waals surface area contributed by atoms with E-state index in [9.17, 15) is 13.8 Å². The first-order valence-electron chi connectivity index (χ1n) is 18.5. The lowest BCUT2D eigenvalue weighted by atomic mass is 9.91. The number of fused-ring (bicyclic) bond motifs is 5. The van der Waals surface area contributed by atoms with Gasteiger partial charge in [0.25, 0.3) is 0 Å². The second kappa shape index (κ2) is 15.2. The van der Waals surface area contributed by atoms with E-state index in [1.54, 1.807) is 6.92 Å². The molecule has 0 radical (unpaired) electrons. The summed E-state index contributed by atoms with van der Waals surface area (Å²) in [7, 11) is -1.49. The summed E-state index contributed by atoms with van der Waals surface area (Å²) in [6, 6.07) is 4.25. The monoisotopic (exact) mass is 802 g/mol. The van der Waals surface area contributed by atoms with E-state index in [4.69, 9.17) is 35.3 Å². The van der Waals surface area contributed by atoms with E-state index in [-0.39, 0.29) is 68.4 Å². The van der Waals surface area contributed by atoms with Crippen LogP contribution in [0.2, 0.25) is 5.15 Å². The summed E-state index contributed by atoms with van der Waals surface area (Å²) in [5, 5.41) is 6.02. The molecule has 292 valence electrons. The number of ether oxygens (including phenoxy) is 3. The third-order valence-corrected chi connectivity index (χ3v) is 12.5. The van der Waals surface area contributed by atoms with Gasteiger partial charge in [-0.3, -0.25) is 14.2 Å².